The molecular formula is C14H12Cl2O. The molecule has 1 nitrogen and oxygen atoms in total. The monoisotopic (exact) mass is 266 g/mol. The fourth-order valence-corrected chi connectivity index (χ4v) is 1.91. The third-order valence-corrected chi connectivity index (χ3v) is 3.07. The van der Waals surface area contributed by atoms with Crippen molar-refractivity contribution >= 4 is 23.2 Å². The largest absolute Gasteiger partial charge is 0.456 e. The molecule has 2 rings (SSSR count). The van der Waals surface area contributed by atoms with Crippen LogP contribution >= 0.6 is 23.2 Å². The molecule has 0 aliphatic heterocycles. The molecule has 0 radical (unpaired) electrons. The molecular weight excluding hydrogens is 255 g/mol. The maximum atomic E-state index is 6.13. The van der Waals surface area contributed by atoms with Crippen LogP contribution in [0.25, 0.3) is 0 Å². The number of rotatable bonds is 3. The second-order valence-electron chi connectivity index (χ2n) is 3.77. The van der Waals surface area contributed by atoms with E-state index in [0.717, 1.165) is 16.9 Å². The summed E-state index contributed by atoms with van der Waals surface area (Å²) in [5.74, 6) is 1.91. The zero-order valence-electron chi connectivity index (χ0n) is 9.41. The number of benzene rings is 2. The molecule has 0 spiro atoms. The lowest BCUT2D eigenvalue weighted by atomic mass is 10.2. The highest BCUT2D eigenvalue weighted by atomic mass is 35.5. The third kappa shape index (κ3) is 2.93. The van der Waals surface area contributed by atoms with E-state index in [-0.39, 0.29) is 0 Å². The van der Waals surface area contributed by atoms with E-state index in [1.165, 1.54) is 0 Å². The molecule has 3 heteroatoms. The lowest BCUT2D eigenvalue weighted by Gasteiger charge is -2.10. The quantitative estimate of drug-likeness (QED) is 0.696. The molecule has 0 fully saturated rings. The summed E-state index contributed by atoms with van der Waals surface area (Å²) < 4.78 is 5.76. The van der Waals surface area contributed by atoms with E-state index >= 15 is 0 Å². The molecule has 0 unspecified atom stereocenters. The summed E-state index contributed by atoms with van der Waals surface area (Å²) in [4.78, 5) is 0. The second kappa shape index (κ2) is 5.44. The van der Waals surface area contributed by atoms with Crippen LogP contribution in [0, 0.1) is 6.92 Å². The first-order valence-corrected chi connectivity index (χ1v) is 6.20. The molecule has 0 amide bonds. The van der Waals surface area contributed by atoms with Crippen molar-refractivity contribution in [2.75, 3.05) is 0 Å². The zero-order valence-corrected chi connectivity index (χ0v) is 10.9. The zero-order chi connectivity index (χ0) is 12.3. The Morgan fingerprint density at radius 1 is 1.06 bits per heavy atom. The Bertz CT molecular complexity index is 523. The van der Waals surface area contributed by atoms with E-state index in [9.17, 15) is 0 Å². The second-order valence-corrected chi connectivity index (χ2v) is 4.44. The molecule has 0 atom stereocenters. The molecule has 0 bridgehead atoms. The van der Waals surface area contributed by atoms with Crippen molar-refractivity contribution < 1.29 is 4.74 Å². The van der Waals surface area contributed by atoms with E-state index in [1.54, 1.807) is 0 Å². The van der Waals surface area contributed by atoms with Crippen LogP contribution in [0.1, 0.15) is 11.1 Å². The van der Waals surface area contributed by atoms with E-state index in [0.29, 0.717) is 16.7 Å². The molecule has 2 aromatic rings. The van der Waals surface area contributed by atoms with Gasteiger partial charge in [-0.15, -0.1) is 11.6 Å². The molecule has 0 saturated carbocycles. The maximum Gasteiger partial charge on any atom is 0.146 e. The standard InChI is InChI=1S/C14H12Cl2O/c1-10-4-2-3-5-13(10)17-14-7-6-11(9-15)8-12(14)16/h2-8H,9H2,1H3. The van der Waals surface area contributed by atoms with Gasteiger partial charge in [-0.3, -0.25) is 0 Å². The molecule has 0 saturated heterocycles. The highest BCUT2D eigenvalue weighted by molar-refractivity contribution is 6.32. The Kier molecular flexibility index (Phi) is 3.93. The fourth-order valence-electron chi connectivity index (χ4n) is 1.50. The topological polar surface area (TPSA) is 9.23 Å². The number of hydrogen-bond donors (Lipinski definition) is 0. The third-order valence-electron chi connectivity index (χ3n) is 2.46. The SMILES string of the molecule is Cc1ccccc1Oc1ccc(CCl)cc1Cl. The van der Waals surface area contributed by atoms with Crippen LogP contribution in [0.4, 0.5) is 0 Å². The lowest BCUT2D eigenvalue weighted by molar-refractivity contribution is 0.479. The van der Waals surface area contributed by atoms with Gasteiger partial charge in [0.2, 0.25) is 0 Å². The number of ether oxygens (including phenoxy) is 1. The summed E-state index contributed by atoms with van der Waals surface area (Å²) in [6.45, 7) is 2.00. The molecule has 0 aliphatic rings. The Balaban J connectivity index is 2.28. The van der Waals surface area contributed by atoms with Gasteiger partial charge in [-0.25, -0.2) is 0 Å². The summed E-state index contributed by atoms with van der Waals surface area (Å²) in [5.41, 5.74) is 2.05. The summed E-state index contributed by atoms with van der Waals surface area (Å²) >= 11 is 11.9. The Labute approximate surface area is 111 Å². The van der Waals surface area contributed by atoms with E-state index < -0.39 is 0 Å². The van der Waals surface area contributed by atoms with Crippen molar-refractivity contribution in [3.05, 3.63) is 58.6 Å². The first-order valence-electron chi connectivity index (χ1n) is 5.28. The van der Waals surface area contributed by atoms with Crippen molar-refractivity contribution in [2.24, 2.45) is 0 Å². The molecule has 88 valence electrons. The van der Waals surface area contributed by atoms with Gasteiger partial charge in [0.15, 0.2) is 0 Å². The average molecular weight is 267 g/mol. The molecule has 0 heterocycles. The Morgan fingerprint density at radius 2 is 1.82 bits per heavy atom. The van der Waals surface area contributed by atoms with Crippen molar-refractivity contribution in [1.82, 2.24) is 0 Å². The van der Waals surface area contributed by atoms with Gasteiger partial charge < -0.3 is 4.74 Å². The summed E-state index contributed by atoms with van der Waals surface area (Å²) in [5, 5.41) is 0.575. The first kappa shape index (κ1) is 12.3. The van der Waals surface area contributed by atoms with Gasteiger partial charge in [-0.2, -0.15) is 0 Å². The van der Waals surface area contributed by atoms with Crippen molar-refractivity contribution in [3.63, 3.8) is 0 Å². The van der Waals surface area contributed by atoms with Crippen LogP contribution in [-0.2, 0) is 5.88 Å². The molecule has 0 aliphatic carbocycles. The highest BCUT2D eigenvalue weighted by Gasteiger charge is 2.05. The average Bonchev–Trinajstić information content (AvgIpc) is 2.34. The minimum absolute atomic E-state index is 0.449. The van der Waals surface area contributed by atoms with E-state index in [1.807, 2.05) is 49.4 Å². The minimum atomic E-state index is 0.449. The fraction of sp³-hybridized carbons (Fsp3) is 0.143. The van der Waals surface area contributed by atoms with Crippen LogP contribution < -0.4 is 4.74 Å². The van der Waals surface area contributed by atoms with E-state index in [2.05, 4.69) is 0 Å². The van der Waals surface area contributed by atoms with Crippen LogP contribution in [0.15, 0.2) is 42.5 Å². The van der Waals surface area contributed by atoms with Crippen LogP contribution in [0.3, 0.4) is 0 Å². The van der Waals surface area contributed by atoms with Crippen LogP contribution in [0.5, 0.6) is 11.5 Å². The van der Waals surface area contributed by atoms with Gasteiger partial charge in [-0.1, -0.05) is 35.9 Å². The van der Waals surface area contributed by atoms with Gasteiger partial charge >= 0.3 is 0 Å². The Morgan fingerprint density at radius 3 is 2.47 bits per heavy atom. The normalized spacial score (nSPS) is 10.3. The Hall–Kier alpha value is -1.18. The van der Waals surface area contributed by atoms with Gasteiger partial charge in [0.1, 0.15) is 11.5 Å². The number of halogens is 2. The number of aryl methyl sites for hydroxylation is 1. The maximum absolute atomic E-state index is 6.13. The number of alkyl halides is 1. The van der Waals surface area contributed by atoms with Gasteiger partial charge in [0.25, 0.3) is 0 Å². The molecule has 0 aromatic heterocycles. The summed E-state index contributed by atoms with van der Waals surface area (Å²) in [6, 6.07) is 13.4. The van der Waals surface area contributed by atoms with Gasteiger partial charge in [-0.05, 0) is 36.2 Å². The van der Waals surface area contributed by atoms with Crippen molar-refractivity contribution in [3.8, 4) is 11.5 Å². The molecule has 0 N–H and O–H groups in total. The smallest absolute Gasteiger partial charge is 0.146 e. The highest BCUT2D eigenvalue weighted by Crippen LogP contribution is 2.31. The molecule has 2 aromatic carbocycles. The summed E-state index contributed by atoms with van der Waals surface area (Å²) in [6.07, 6.45) is 0. The van der Waals surface area contributed by atoms with Crippen molar-refractivity contribution in [2.45, 2.75) is 12.8 Å². The van der Waals surface area contributed by atoms with Gasteiger partial charge in [0.05, 0.1) is 5.02 Å². The number of para-hydroxylation sites is 1. The van der Waals surface area contributed by atoms with Crippen molar-refractivity contribution in [1.29, 1.82) is 0 Å². The molecule has 17 heavy (non-hydrogen) atoms. The minimum Gasteiger partial charge on any atom is -0.456 e. The summed E-state index contributed by atoms with van der Waals surface area (Å²) in [7, 11) is 0. The van der Waals surface area contributed by atoms with Crippen LogP contribution in [-0.4, -0.2) is 0 Å². The number of hydrogen-bond acceptors (Lipinski definition) is 1. The first-order chi connectivity index (χ1) is 8.20. The van der Waals surface area contributed by atoms with Gasteiger partial charge in [0, 0.05) is 5.88 Å². The predicted octanol–water partition coefficient (Wildman–Crippen LogP) is 5.18. The van der Waals surface area contributed by atoms with E-state index in [4.69, 9.17) is 27.9 Å². The predicted molar refractivity (Wildman–Crippen MR) is 72.3 cm³/mol. The van der Waals surface area contributed by atoms with Crippen LogP contribution in [0.2, 0.25) is 5.02 Å². The lowest BCUT2D eigenvalue weighted by Crippen LogP contribution is -1.89.